The lowest BCUT2D eigenvalue weighted by molar-refractivity contribution is -0.146. The second-order valence-corrected chi connectivity index (χ2v) is 4.35. The number of halogens is 1. The molecule has 1 rings (SSSR count). The lowest BCUT2D eigenvalue weighted by Gasteiger charge is -2.10. The number of Topliss-reactive ketones (excluding diaryl/α,β-unsaturated/α-hetero) is 2. The zero-order chi connectivity index (χ0) is 13.0. The van der Waals surface area contributed by atoms with Crippen LogP contribution in [0.1, 0.15) is 17.3 Å². The number of rotatable bonds is 4. The van der Waals surface area contributed by atoms with Crippen LogP contribution in [0.5, 0.6) is 0 Å². The van der Waals surface area contributed by atoms with Crippen molar-refractivity contribution in [3.05, 3.63) is 34.3 Å². The summed E-state index contributed by atoms with van der Waals surface area (Å²) in [6, 6.07) is 6.43. The molecule has 0 bridgehead atoms. The van der Waals surface area contributed by atoms with Gasteiger partial charge in [0, 0.05) is 10.0 Å². The fourth-order valence-corrected chi connectivity index (χ4v) is 1.62. The minimum absolute atomic E-state index is 0.304. The van der Waals surface area contributed by atoms with E-state index in [0.717, 1.165) is 11.6 Å². The van der Waals surface area contributed by atoms with Gasteiger partial charge in [-0.1, -0.05) is 28.1 Å². The molecule has 0 saturated heterocycles. The zero-order valence-electron chi connectivity index (χ0n) is 9.40. The number of carbonyl (C=O) groups is 3. The largest absolute Gasteiger partial charge is 0.468 e. The molecule has 4 nitrogen and oxygen atoms in total. The molecule has 0 N–H and O–H groups in total. The summed E-state index contributed by atoms with van der Waals surface area (Å²) >= 11 is 3.23. The summed E-state index contributed by atoms with van der Waals surface area (Å²) in [7, 11) is 1.15. The SMILES string of the molecule is COC(=O)[C@@H](C(C)=O)C(=O)c1ccc(Br)cc1. The maximum Gasteiger partial charge on any atom is 0.324 e. The van der Waals surface area contributed by atoms with Gasteiger partial charge in [0.15, 0.2) is 17.5 Å². The summed E-state index contributed by atoms with van der Waals surface area (Å²) in [6.45, 7) is 1.19. The van der Waals surface area contributed by atoms with Gasteiger partial charge >= 0.3 is 5.97 Å². The number of ketones is 2. The lowest BCUT2D eigenvalue weighted by atomic mass is 9.94. The number of hydrogen-bond donors (Lipinski definition) is 0. The number of carbonyl (C=O) groups excluding carboxylic acids is 3. The number of esters is 1. The summed E-state index contributed by atoms with van der Waals surface area (Å²) in [5, 5.41) is 0. The van der Waals surface area contributed by atoms with Crippen molar-refractivity contribution in [2.45, 2.75) is 6.92 Å². The molecule has 0 heterocycles. The van der Waals surface area contributed by atoms with Gasteiger partial charge in [0.05, 0.1) is 7.11 Å². The van der Waals surface area contributed by atoms with E-state index in [1.54, 1.807) is 24.3 Å². The molecule has 0 fully saturated rings. The molecule has 0 aliphatic carbocycles. The van der Waals surface area contributed by atoms with E-state index >= 15 is 0 Å². The molecular formula is C12H11BrO4. The third kappa shape index (κ3) is 3.23. The number of benzene rings is 1. The summed E-state index contributed by atoms with van der Waals surface area (Å²) in [4.78, 5) is 34.6. The standard InChI is InChI=1S/C12H11BrO4/c1-7(14)10(12(16)17-2)11(15)8-3-5-9(13)6-4-8/h3-6,10H,1-2H3/t10-/m0/s1. The molecule has 0 amide bonds. The molecule has 0 saturated carbocycles. The molecule has 1 atom stereocenters. The van der Waals surface area contributed by atoms with Crippen LogP contribution in [0.4, 0.5) is 0 Å². The van der Waals surface area contributed by atoms with E-state index in [0.29, 0.717) is 5.56 Å². The molecule has 90 valence electrons. The zero-order valence-corrected chi connectivity index (χ0v) is 11.0. The Balaban J connectivity index is 3.04. The number of hydrogen-bond acceptors (Lipinski definition) is 4. The van der Waals surface area contributed by atoms with Crippen molar-refractivity contribution in [2.24, 2.45) is 5.92 Å². The molecule has 0 aliphatic rings. The average Bonchev–Trinajstić information content (AvgIpc) is 2.29. The van der Waals surface area contributed by atoms with Gasteiger partial charge in [-0.2, -0.15) is 0 Å². The summed E-state index contributed by atoms with van der Waals surface area (Å²) < 4.78 is 5.26. The van der Waals surface area contributed by atoms with E-state index in [2.05, 4.69) is 20.7 Å². The predicted octanol–water partition coefficient (Wildman–Crippen LogP) is 2.01. The highest BCUT2D eigenvalue weighted by Gasteiger charge is 2.32. The second-order valence-electron chi connectivity index (χ2n) is 3.44. The maximum atomic E-state index is 12.0. The van der Waals surface area contributed by atoms with Crippen LogP contribution >= 0.6 is 15.9 Å². The van der Waals surface area contributed by atoms with Gasteiger partial charge in [-0.05, 0) is 19.1 Å². The third-order valence-corrected chi connectivity index (χ3v) is 2.76. The molecule has 0 radical (unpaired) electrons. The number of methoxy groups -OCH3 is 1. The van der Waals surface area contributed by atoms with Crippen LogP contribution in [-0.2, 0) is 14.3 Å². The molecule has 0 unspecified atom stereocenters. The van der Waals surface area contributed by atoms with Gasteiger partial charge in [0.25, 0.3) is 0 Å². The molecular weight excluding hydrogens is 288 g/mol. The van der Waals surface area contributed by atoms with Crippen molar-refractivity contribution in [3.63, 3.8) is 0 Å². The molecule has 0 aliphatic heterocycles. The van der Waals surface area contributed by atoms with Crippen molar-refractivity contribution in [2.75, 3.05) is 7.11 Å². The van der Waals surface area contributed by atoms with Crippen molar-refractivity contribution < 1.29 is 19.1 Å². The van der Waals surface area contributed by atoms with Gasteiger partial charge in [0.1, 0.15) is 0 Å². The molecule has 1 aromatic rings. The van der Waals surface area contributed by atoms with E-state index in [1.165, 1.54) is 6.92 Å². The molecule has 1 aromatic carbocycles. The van der Waals surface area contributed by atoms with E-state index in [9.17, 15) is 14.4 Å². The van der Waals surface area contributed by atoms with Crippen LogP contribution in [0.15, 0.2) is 28.7 Å². The molecule has 5 heteroatoms. The Kier molecular flexibility index (Phi) is 4.57. The average molecular weight is 299 g/mol. The van der Waals surface area contributed by atoms with E-state index < -0.39 is 23.5 Å². The highest BCUT2D eigenvalue weighted by molar-refractivity contribution is 9.10. The van der Waals surface area contributed by atoms with Crippen molar-refractivity contribution >= 4 is 33.5 Å². The first-order valence-corrected chi connectivity index (χ1v) is 5.64. The number of ether oxygens (including phenoxy) is 1. The third-order valence-electron chi connectivity index (χ3n) is 2.23. The van der Waals surface area contributed by atoms with Gasteiger partial charge in [-0.15, -0.1) is 0 Å². The molecule has 0 aromatic heterocycles. The van der Waals surface area contributed by atoms with Crippen molar-refractivity contribution in [1.29, 1.82) is 0 Å². The molecule has 0 spiro atoms. The smallest absolute Gasteiger partial charge is 0.324 e. The maximum absolute atomic E-state index is 12.0. The molecule has 17 heavy (non-hydrogen) atoms. The summed E-state index contributed by atoms with van der Waals surface area (Å²) in [5.74, 6) is -3.27. The summed E-state index contributed by atoms with van der Waals surface area (Å²) in [5.41, 5.74) is 0.304. The van der Waals surface area contributed by atoms with Crippen molar-refractivity contribution in [3.8, 4) is 0 Å². The lowest BCUT2D eigenvalue weighted by Crippen LogP contribution is -2.31. The fourth-order valence-electron chi connectivity index (χ4n) is 1.36. The normalized spacial score (nSPS) is 11.7. The Bertz CT molecular complexity index is 450. The first-order chi connectivity index (χ1) is 7.97. The van der Waals surface area contributed by atoms with Gasteiger partial charge in [-0.3, -0.25) is 14.4 Å². The van der Waals surface area contributed by atoms with Crippen LogP contribution in [0.2, 0.25) is 0 Å². The highest BCUT2D eigenvalue weighted by atomic mass is 79.9. The monoisotopic (exact) mass is 298 g/mol. The van der Waals surface area contributed by atoms with Crippen LogP contribution in [0.3, 0.4) is 0 Å². The van der Waals surface area contributed by atoms with Crippen LogP contribution < -0.4 is 0 Å². The van der Waals surface area contributed by atoms with Gasteiger partial charge in [-0.25, -0.2) is 0 Å². The first-order valence-electron chi connectivity index (χ1n) is 4.85. The van der Waals surface area contributed by atoms with Gasteiger partial charge < -0.3 is 4.74 Å². The Morgan fingerprint density at radius 3 is 2.12 bits per heavy atom. The Labute approximate surface area is 107 Å². The van der Waals surface area contributed by atoms with E-state index in [-0.39, 0.29) is 0 Å². The van der Waals surface area contributed by atoms with Gasteiger partial charge in [0.2, 0.25) is 0 Å². The topological polar surface area (TPSA) is 60.4 Å². The minimum Gasteiger partial charge on any atom is -0.468 e. The Morgan fingerprint density at radius 2 is 1.71 bits per heavy atom. The van der Waals surface area contributed by atoms with E-state index in [4.69, 9.17) is 0 Å². The highest BCUT2D eigenvalue weighted by Crippen LogP contribution is 2.15. The van der Waals surface area contributed by atoms with Crippen LogP contribution in [0.25, 0.3) is 0 Å². The van der Waals surface area contributed by atoms with E-state index in [1.807, 2.05) is 0 Å². The van der Waals surface area contributed by atoms with Crippen LogP contribution in [-0.4, -0.2) is 24.6 Å². The fraction of sp³-hybridized carbons (Fsp3) is 0.250. The predicted molar refractivity (Wildman–Crippen MR) is 64.7 cm³/mol. The minimum atomic E-state index is -1.37. The summed E-state index contributed by atoms with van der Waals surface area (Å²) in [6.07, 6.45) is 0. The first kappa shape index (κ1) is 13.6. The quantitative estimate of drug-likeness (QED) is 0.485. The second kappa shape index (κ2) is 5.72. The van der Waals surface area contributed by atoms with Crippen molar-refractivity contribution in [1.82, 2.24) is 0 Å². The van der Waals surface area contributed by atoms with Crippen LogP contribution in [0, 0.1) is 5.92 Å². The Morgan fingerprint density at radius 1 is 1.18 bits per heavy atom. The Hall–Kier alpha value is -1.49.